The van der Waals surface area contributed by atoms with Gasteiger partial charge >= 0.3 is 5.97 Å². The van der Waals surface area contributed by atoms with Crippen molar-refractivity contribution in [1.29, 1.82) is 0 Å². The largest absolute Gasteiger partial charge is 0.478 e. The maximum Gasteiger partial charge on any atom is 0.336 e. The smallest absolute Gasteiger partial charge is 0.336 e. The van der Waals surface area contributed by atoms with E-state index in [-0.39, 0.29) is 12.2 Å². The molecule has 92 valence electrons. The zero-order chi connectivity index (χ0) is 13.0. The first-order chi connectivity index (χ1) is 8.74. The van der Waals surface area contributed by atoms with E-state index in [2.05, 4.69) is 0 Å². The highest BCUT2D eigenvalue weighted by Gasteiger charge is 2.12. The molecule has 0 atom stereocenters. The van der Waals surface area contributed by atoms with Crippen molar-refractivity contribution < 1.29 is 15.0 Å². The molecule has 18 heavy (non-hydrogen) atoms. The van der Waals surface area contributed by atoms with E-state index in [9.17, 15) is 9.90 Å². The SMILES string of the molecule is O=C(O)c1ccccc1-c1ccccc1CCO. The normalized spacial score (nSPS) is 10.3. The molecule has 0 bridgehead atoms. The Hall–Kier alpha value is -2.13. The van der Waals surface area contributed by atoms with Crippen LogP contribution in [0.15, 0.2) is 48.5 Å². The number of aliphatic hydroxyl groups is 1. The van der Waals surface area contributed by atoms with E-state index in [1.54, 1.807) is 18.2 Å². The zero-order valence-electron chi connectivity index (χ0n) is 9.84. The first-order valence-electron chi connectivity index (χ1n) is 5.75. The van der Waals surface area contributed by atoms with Crippen molar-refractivity contribution in [3.05, 3.63) is 59.7 Å². The Morgan fingerprint density at radius 3 is 2.22 bits per heavy atom. The average molecular weight is 242 g/mol. The summed E-state index contributed by atoms with van der Waals surface area (Å²) in [5, 5.41) is 18.3. The summed E-state index contributed by atoms with van der Waals surface area (Å²) in [6.45, 7) is 0.0479. The van der Waals surface area contributed by atoms with Gasteiger partial charge in [0, 0.05) is 6.61 Å². The molecule has 0 fully saturated rings. The van der Waals surface area contributed by atoms with Crippen LogP contribution in [0.1, 0.15) is 15.9 Å². The van der Waals surface area contributed by atoms with Crippen LogP contribution in [0.25, 0.3) is 11.1 Å². The second-order valence-electron chi connectivity index (χ2n) is 3.98. The summed E-state index contributed by atoms with van der Waals surface area (Å²) in [5.41, 5.74) is 2.79. The molecule has 0 aromatic heterocycles. The minimum absolute atomic E-state index is 0.0479. The standard InChI is InChI=1S/C15H14O3/c16-10-9-11-5-1-2-6-12(11)13-7-3-4-8-14(13)15(17)18/h1-8,16H,9-10H2,(H,17,18). The van der Waals surface area contributed by atoms with Crippen molar-refractivity contribution in [2.24, 2.45) is 0 Å². The molecule has 2 aromatic carbocycles. The van der Waals surface area contributed by atoms with Gasteiger partial charge in [-0.2, -0.15) is 0 Å². The molecule has 0 aliphatic carbocycles. The van der Waals surface area contributed by atoms with Crippen LogP contribution in [0.5, 0.6) is 0 Å². The van der Waals surface area contributed by atoms with Gasteiger partial charge in [0.15, 0.2) is 0 Å². The number of carboxylic acid groups (broad SMARTS) is 1. The predicted octanol–water partition coefficient (Wildman–Crippen LogP) is 2.59. The predicted molar refractivity (Wildman–Crippen MR) is 69.6 cm³/mol. The molecule has 2 rings (SSSR count). The Morgan fingerprint density at radius 2 is 1.56 bits per heavy atom. The van der Waals surface area contributed by atoms with Crippen LogP contribution in [0.3, 0.4) is 0 Å². The van der Waals surface area contributed by atoms with Gasteiger partial charge in [0.1, 0.15) is 0 Å². The molecule has 0 aliphatic heterocycles. The van der Waals surface area contributed by atoms with Gasteiger partial charge in [0.2, 0.25) is 0 Å². The maximum absolute atomic E-state index is 11.2. The first-order valence-corrected chi connectivity index (χ1v) is 5.75. The van der Waals surface area contributed by atoms with Gasteiger partial charge in [-0.05, 0) is 29.2 Å². The molecule has 2 aromatic rings. The van der Waals surface area contributed by atoms with Crippen molar-refractivity contribution in [3.8, 4) is 11.1 Å². The highest BCUT2D eigenvalue weighted by molar-refractivity contribution is 5.96. The number of hydrogen-bond donors (Lipinski definition) is 2. The van der Waals surface area contributed by atoms with Gasteiger partial charge in [-0.3, -0.25) is 0 Å². The van der Waals surface area contributed by atoms with Crippen molar-refractivity contribution in [2.45, 2.75) is 6.42 Å². The summed E-state index contributed by atoms with van der Waals surface area (Å²) in [5.74, 6) is -0.940. The third kappa shape index (κ3) is 2.41. The molecule has 0 spiro atoms. The molecule has 3 nitrogen and oxygen atoms in total. The lowest BCUT2D eigenvalue weighted by atomic mass is 9.94. The topological polar surface area (TPSA) is 57.5 Å². The van der Waals surface area contributed by atoms with Gasteiger partial charge in [-0.25, -0.2) is 4.79 Å². The summed E-state index contributed by atoms with van der Waals surface area (Å²) < 4.78 is 0. The van der Waals surface area contributed by atoms with Crippen molar-refractivity contribution in [1.82, 2.24) is 0 Å². The fourth-order valence-corrected chi connectivity index (χ4v) is 2.03. The summed E-state index contributed by atoms with van der Waals surface area (Å²) in [4.78, 5) is 11.2. The second-order valence-corrected chi connectivity index (χ2v) is 3.98. The van der Waals surface area contributed by atoms with Gasteiger partial charge < -0.3 is 10.2 Å². The van der Waals surface area contributed by atoms with Crippen LogP contribution in [0.2, 0.25) is 0 Å². The number of benzene rings is 2. The molecule has 0 saturated heterocycles. The number of carbonyl (C=O) groups is 1. The highest BCUT2D eigenvalue weighted by Crippen LogP contribution is 2.27. The number of aromatic carboxylic acids is 1. The van der Waals surface area contributed by atoms with Crippen LogP contribution in [-0.4, -0.2) is 22.8 Å². The van der Waals surface area contributed by atoms with Crippen LogP contribution in [0, 0.1) is 0 Å². The molecular weight excluding hydrogens is 228 g/mol. The molecule has 0 unspecified atom stereocenters. The minimum Gasteiger partial charge on any atom is -0.478 e. The van der Waals surface area contributed by atoms with Crippen molar-refractivity contribution in [3.63, 3.8) is 0 Å². The van der Waals surface area contributed by atoms with Crippen LogP contribution in [0.4, 0.5) is 0 Å². The van der Waals surface area contributed by atoms with E-state index in [1.807, 2.05) is 30.3 Å². The Morgan fingerprint density at radius 1 is 0.944 bits per heavy atom. The average Bonchev–Trinajstić information content (AvgIpc) is 2.40. The quantitative estimate of drug-likeness (QED) is 0.866. The fraction of sp³-hybridized carbons (Fsp3) is 0.133. The lowest BCUT2D eigenvalue weighted by Crippen LogP contribution is -2.01. The Kier molecular flexibility index (Phi) is 3.75. The fourth-order valence-electron chi connectivity index (χ4n) is 2.03. The van der Waals surface area contributed by atoms with E-state index in [4.69, 9.17) is 5.11 Å². The molecular formula is C15H14O3. The summed E-state index contributed by atoms with van der Waals surface area (Å²) in [7, 11) is 0. The Labute approximate surface area is 105 Å². The highest BCUT2D eigenvalue weighted by atomic mass is 16.4. The number of carboxylic acids is 1. The maximum atomic E-state index is 11.2. The first kappa shape index (κ1) is 12.3. The Balaban J connectivity index is 2.58. The van der Waals surface area contributed by atoms with E-state index in [0.717, 1.165) is 11.1 Å². The molecule has 2 N–H and O–H groups in total. The lowest BCUT2D eigenvalue weighted by Gasteiger charge is -2.11. The van der Waals surface area contributed by atoms with E-state index in [1.165, 1.54) is 0 Å². The van der Waals surface area contributed by atoms with E-state index >= 15 is 0 Å². The van der Waals surface area contributed by atoms with E-state index in [0.29, 0.717) is 12.0 Å². The van der Waals surface area contributed by atoms with Crippen molar-refractivity contribution >= 4 is 5.97 Å². The summed E-state index contributed by atoms with van der Waals surface area (Å²) in [6, 6.07) is 14.5. The van der Waals surface area contributed by atoms with Gasteiger partial charge in [0.05, 0.1) is 5.56 Å². The van der Waals surface area contributed by atoms with Gasteiger partial charge in [-0.15, -0.1) is 0 Å². The monoisotopic (exact) mass is 242 g/mol. The molecule has 0 aliphatic rings. The number of aliphatic hydroxyl groups excluding tert-OH is 1. The molecule has 0 radical (unpaired) electrons. The lowest BCUT2D eigenvalue weighted by molar-refractivity contribution is 0.0697. The number of rotatable bonds is 4. The molecule has 3 heteroatoms. The molecule has 0 heterocycles. The van der Waals surface area contributed by atoms with Crippen molar-refractivity contribution in [2.75, 3.05) is 6.61 Å². The zero-order valence-corrected chi connectivity index (χ0v) is 9.84. The summed E-state index contributed by atoms with van der Waals surface area (Å²) in [6.07, 6.45) is 0.518. The van der Waals surface area contributed by atoms with Gasteiger partial charge in [0.25, 0.3) is 0 Å². The van der Waals surface area contributed by atoms with Crippen LogP contribution < -0.4 is 0 Å². The van der Waals surface area contributed by atoms with Gasteiger partial charge in [-0.1, -0.05) is 42.5 Å². The molecule has 0 amide bonds. The number of hydrogen-bond acceptors (Lipinski definition) is 2. The third-order valence-electron chi connectivity index (χ3n) is 2.85. The molecule has 0 saturated carbocycles. The van der Waals surface area contributed by atoms with E-state index < -0.39 is 5.97 Å². The third-order valence-corrected chi connectivity index (χ3v) is 2.85. The Bertz CT molecular complexity index is 561. The minimum atomic E-state index is -0.940. The van der Waals surface area contributed by atoms with Crippen LogP contribution >= 0.6 is 0 Å². The summed E-state index contributed by atoms with van der Waals surface area (Å²) >= 11 is 0. The second kappa shape index (κ2) is 5.47. The van der Waals surface area contributed by atoms with Crippen LogP contribution in [-0.2, 0) is 6.42 Å².